The van der Waals surface area contributed by atoms with Crippen LogP contribution in [0.4, 0.5) is 10.1 Å². The molecule has 0 aliphatic heterocycles. The van der Waals surface area contributed by atoms with Crippen LogP contribution >= 0.6 is 0 Å². The zero-order valence-corrected chi connectivity index (χ0v) is 11.3. The lowest BCUT2D eigenvalue weighted by molar-refractivity contribution is -0.385. The van der Waals surface area contributed by atoms with Crippen LogP contribution in [-0.2, 0) is 0 Å². The average molecular weight is 284 g/mol. The number of nitrogens with one attached hydrogen (secondary N) is 1. The fourth-order valence-corrected chi connectivity index (χ4v) is 1.61. The van der Waals surface area contributed by atoms with Gasteiger partial charge in [-0.05, 0) is 24.5 Å². The first-order valence-electron chi connectivity index (χ1n) is 6.23. The fraction of sp³-hybridized carbons (Fsp3) is 0.462. The minimum atomic E-state index is -0.805. The van der Waals surface area contributed by atoms with Crippen molar-refractivity contribution in [2.45, 2.75) is 26.4 Å². The van der Waals surface area contributed by atoms with Crippen LogP contribution in [0.3, 0.4) is 0 Å². The Labute approximate surface area is 115 Å². The topological polar surface area (TPSA) is 92.5 Å². The molecule has 0 saturated carbocycles. The molecule has 0 radical (unpaired) electrons. The first-order valence-corrected chi connectivity index (χ1v) is 6.23. The number of carbonyl (C=O) groups excluding carboxylic acids is 1. The molecule has 1 aromatic rings. The zero-order valence-electron chi connectivity index (χ0n) is 11.3. The van der Waals surface area contributed by atoms with E-state index in [1.54, 1.807) is 0 Å². The Hall–Kier alpha value is -2.02. The van der Waals surface area contributed by atoms with Crippen LogP contribution in [0.5, 0.6) is 0 Å². The van der Waals surface area contributed by atoms with Crippen molar-refractivity contribution in [3.05, 3.63) is 39.7 Å². The largest absolute Gasteiger partial charge is 0.393 e. The second-order valence-corrected chi connectivity index (χ2v) is 4.77. The van der Waals surface area contributed by atoms with Gasteiger partial charge in [-0.3, -0.25) is 14.9 Å². The van der Waals surface area contributed by atoms with Gasteiger partial charge in [0.1, 0.15) is 11.4 Å². The summed E-state index contributed by atoms with van der Waals surface area (Å²) >= 11 is 0. The molecule has 0 spiro atoms. The lowest BCUT2D eigenvalue weighted by atomic mass is 10.0. The molecule has 0 aliphatic rings. The van der Waals surface area contributed by atoms with Gasteiger partial charge >= 0.3 is 0 Å². The molecular formula is C13H17FN2O4. The predicted octanol–water partition coefficient (Wildman–Crippen LogP) is 1.87. The van der Waals surface area contributed by atoms with Crippen LogP contribution in [0.15, 0.2) is 18.2 Å². The monoisotopic (exact) mass is 284 g/mol. The number of nitrogens with zero attached hydrogens (tertiary/aromatic N) is 1. The van der Waals surface area contributed by atoms with Crippen LogP contribution < -0.4 is 5.32 Å². The maximum Gasteiger partial charge on any atom is 0.285 e. The number of aliphatic hydroxyl groups excluding tert-OH is 1. The van der Waals surface area contributed by atoms with E-state index >= 15 is 0 Å². The highest BCUT2D eigenvalue weighted by Gasteiger charge is 2.21. The molecule has 1 aromatic carbocycles. The van der Waals surface area contributed by atoms with Gasteiger partial charge in [-0.15, -0.1) is 0 Å². The van der Waals surface area contributed by atoms with E-state index in [2.05, 4.69) is 5.32 Å². The Morgan fingerprint density at radius 3 is 2.70 bits per heavy atom. The molecule has 110 valence electrons. The van der Waals surface area contributed by atoms with Gasteiger partial charge in [0.15, 0.2) is 0 Å². The predicted molar refractivity (Wildman–Crippen MR) is 70.8 cm³/mol. The molecule has 0 heterocycles. The van der Waals surface area contributed by atoms with Crippen LogP contribution in [0.25, 0.3) is 0 Å². The average Bonchev–Trinajstić information content (AvgIpc) is 2.37. The van der Waals surface area contributed by atoms with Gasteiger partial charge < -0.3 is 10.4 Å². The standard InChI is InChI=1S/C13H17FN2O4/c1-8(2)12(17)5-6-15-13(18)10-4-3-9(14)7-11(10)16(19)20/h3-4,7-8,12,17H,5-6H2,1-2H3,(H,15,18). The number of rotatable bonds is 6. The molecule has 1 atom stereocenters. The van der Waals surface area contributed by atoms with Gasteiger partial charge in [-0.2, -0.15) is 0 Å². The van der Waals surface area contributed by atoms with E-state index in [9.17, 15) is 24.4 Å². The van der Waals surface area contributed by atoms with Gasteiger partial charge in [0, 0.05) is 6.54 Å². The van der Waals surface area contributed by atoms with Crippen molar-refractivity contribution in [3.63, 3.8) is 0 Å². The molecule has 0 aliphatic carbocycles. The number of amides is 1. The lowest BCUT2D eigenvalue weighted by Crippen LogP contribution is -2.29. The third kappa shape index (κ3) is 4.27. The van der Waals surface area contributed by atoms with Gasteiger partial charge in [-0.1, -0.05) is 13.8 Å². The SMILES string of the molecule is CC(C)C(O)CCNC(=O)c1ccc(F)cc1[N+](=O)[O-]. The molecule has 0 fully saturated rings. The Balaban J connectivity index is 2.71. The van der Waals surface area contributed by atoms with E-state index in [0.717, 1.165) is 12.1 Å². The summed E-state index contributed by atoms with van der Waals surface area (Å²) in [6.07, 6.45) is -0.211. The van der Waals surface area contributed by atoms with Crippen molar-refractivity contribution in [3.8, 4) is 0 Å². The van der Waals surface area contributed by atoms with Gasteiger partial charge in [0.2, 0.25) is 0 Å². The van der Waals surface area contributed by atoms with Crippen molar-refractivity contribution in [2.24, 2.45) is 5.92 Å². The first kappa shape index (κ1) is 16.0. The Bertz CT molecular complexity index is 505. The molecule has 1 unspecified atom stereocenters. The molecule has 20 heavy (non-hydrogen) atoms. The van der Waals surface area contributed by atoms with E-state index in [1.165, 1.54) is 0 Å². The van der Waals surface area contributed by atoms with E-state index in [-0.39, 0.29) is 18.0 Å². The summed E-state index contributed by atoms with van der Waals surface area (Å²) in [7, 11) is 0. The molecule has 7 heteroatoms. The maximum atomic E-state index is 12.9. The Kier molecular flexibility index (Phi) is 5.57. The summed E-state index contributed by atoms with van der Waals surface area (Å²) in [6.45, 7) is 3.88. The summed E-state index contributed by atoms with van der Waals surface area (Å²) in [4.78, 5) is 21.8. The van der Waals surface area contributed by atoms with Crippen LogP contribution in [0.2, 0.25) is 0 Å². The highest BCUT2D eigenvalue weighted by Crippen LogP contribution is 2.19. The van der Waals surface area contributed by atoms with Crippen molar-refractivity contribution >= 4 is 11.6 Å². The molecule has 6 nitrogen and oxygen atoms in total. The van der Waals surface area contributed by atoms with E-state index in [1.807, 2.05) is 13.8 Å². The molecule has 0 saturated heterocycles. The first-order chi connectivity index (χ1) is 9.32. The number of nitro benzene ring substituents is 1. The normalized spacial score (nSPS) is 12.2. The van der Waals surface area contributed by atoms with Crippen molar-refractivity contribution in [2.75, 3.05) is 6.54 Å². The van der Waals surface area contributed by atoms with E-state index < -0.39 is 28.4 Å². The van der Waals surface area contributed by atoms with Crippen LogP contribution in [-0.4, -0.2) is 28.6 Å². The number of nitro groups is 1. The summed E-state index contributed by atoms with van der Waals surface area (Å²) in [5, 5.41) is 22.8. The molecule has 1 amide bonds. The van der Waals surface area contributed by atoms with Crippen LogP contribution in [0.1, 0.15) is 30.6 Å². The number of aliphatic hydroxyl groups is 1. The second kappa shape index (κ2) is 6.95. The van der Waals surface area contributed by atoms with Gasteiger partial charge in [-0.25, -0.2) is 4.39 Å². The summed E-state index contributed by atoms with van der Waals surface area (Å²) in [5.74, 6) is -1.37. The third-order valence-electron chi connectivity index (χ3n) is 2.90. The van der Waals surface area contributed by atoms with Crippen molar-refractivity contribution in [1.29, 1.82) is 0 Å². The minimum absolute atomic E-state index is 0.0621. The number of halogens is 1. The quantitative estimate of drug-likeness (QED) is 0.616. The smallest absolute Gasteiger partial charge is 0.285 e. The molecule has 0 bridgehead atoms. The number of hydrogen-bond acceptors (Lipinski definition) is 4. The maximum absolute atomic E-state index is 12.9. The van der Waals surface area contributed by atoms with Crippen molar-refractivity contribution in [1.82, 2.24) is 5.32 Å². The van der Waals surface area contributed by atoms with E-state index in [4.69, 9.17) is 0 Å². The second-order valence-electron chi connectivity index (χ2n) is 4.77. The van der Waals surface area contributed by atoms with E-state index in [0.29, 0.717) is 12.5 Å². The van der Waals surface area contributed by atoms with Gasteiger partial charge in [0.25, 0.3) is 11.6 Å². The molecule has 1 rings (SSSR count). The van der Waals surface area contributed by atoms with Crippen molar-refractivity contribution < 1.29 is 19.2 Å². The number of hydrogen-bond donors (Lipinski definition) is 2. The lowest BCUT2D eigenvalue weighted by Gasteiger charge is -2.14. The number of carbonyl (C=O) groups is 1. The van der Waals surface area contributed by atoms with Gasteiger partial charge in [0.05, 0.1) is 17.1 Å². The van der Waals surface area contributed by atoms with Crippen LogP contribution in [0, 0.1) is 21.8 Å². The summed E-state index contributed by atoms with van der Waals surface area (Å²) < 4.78 is 12.9. The Morgan fingerprint density at radius 2 is 2.15 bits per heavy atom. The molecule has 2 N–H and O–H groups in total. The highest BCUT2D eigenvalue weighted by molar-refractivity contribution is 5.98. The number of benzene rings is 1. The Morgan fingerprint density at radius 1 is 1.50 bits per heavy atom. The summed E-state index contributed by atoms with van der Waals surface area (Å²) in [5.41, 5.74) is -0.776. The minimum Gasteiger partial charge on any atom is -0.393 e. The third-order valence-corrected chi connectivity index (χ3v) is 2.90. The zero-order chi connectivity index (χ0) is 15.3. The molecular weight excluding hydrogens is 267 g/mol. The highest BCUT2D eigenvalue weighted by atomic mass is 19.1. The molecule has 0 aromatic heterocycles. The fourth-order valence-electron chi connectivity index (χ4n) is 1.61. The summed E-state index contributed by atoms with van der Waals surface area (Å²) in [6, 6.07) is 2.77.